The Hall–Kier alpha value is 0.380. The Morgan fingerprint density at radius 2 is 1.27 bits per heavy atom. The third-order valence-corrected chi connectivity index (χ3v) is 6.35. The summed E-state index contributed by atoms with van der Waals surface area (Å²) in [6.45, 7) is 13.1. The fourth-order valence-electron chi connectivity index (χ4n) is 1.57. The van der Waals surface area contributed by atoms with Crippen molar-refractivity contribution in [1.29, 1.82) is 0 Å². The number of hydrogen-bond acceptors (Lipinski definition) is 0. The quantitative estimate of drug-likeness (QED) is 0.447. The summed E-state index contributed by atoms with van der Waals surface area (Å²) in [5.74, 6) is 0. The minimum atomic E-state index is 0. The molecule has 0 unspecified atom stereocenters. The van der Waals surface area contributed by atoms with Gasteiger partial charge in [-0.05, 0) is 0 Å². The number of aryl methyl sites for hydroxylation is 4. The zero-order valence-corrected chi connectivity index (χ0v) is 19.6. The molecule has 0 spiro atoms. The van der Waals surface area contributed by atoms with Crippen molar-refractivity contribution in [3.8, 4) is 0 Å². The van der Waals surface area contributed by atoms with Crippen LogP contribution < -0.4 is 24.8 Å². The first kappa shape index (κ1) is 27.2. The Bertz CT molecular complexity index is 429. The first-order chi connectivity index (χ1) is 9.38. The SMILES string of the molecule is CCC[Si](C)=[Zr+2].Cc1cc[cH-]c1C.Cc1cc[cH-]c1C.[Cl-].[Cl-]. The molecule has 0 saturated heterocycles. The summed E-state index contributed by atoms with van der Waals surface area (Å²) in [4.78, 5) is 0. The first-order valence-corrected chi connectivity index (χ1v) is 13.2. The van der Waals surface area contributed by atoms with Gasteiger partial charge in [0.1, 0.15) is 0 Å². The van der Waals surface area contributed by atoms with Gasteiger partial charge in [-0.1, -0.05) is 27.7 Å². The summed E-state index contributed by atoms with van der Waals surface area (Å²) in [7, 11) is 0. The molecule has 0 aromatic heterocycles. The van der Waals surface area contributed by atoms with Crippen molar-refractivity contribution in [3.63, 3.8) is 0 Å². The normalized spacial score (nSPS) is 8.36. The molecule has 0 aliphatic rings. The fraction of sp³-hybridized carbons (Fsp3) is 0.444. The van der Waals surface area contributed by atoms with Crippen molar-refractivity contribution >= 4 is 5.43 Å². The van der Waals surface area contributed by atoms with Gasteiger partial charge in [-0.3, -0.25) is 0 Å². The van der Waals surface area contributed by atoms with Crippen LogP contribution in [-0.4, -0.2) is 5.43 Å². The van der Waals surface area contributed by atoms with Gasteiger partial charge >= 0.3 is 54.7 Å². The minimum Gasteiger partial charge on any atom is -1.00 e. The third-order valence-electron chi connectivity index (χ3n) is 3.25. The Morgan fingerprint density at radius 3 is 1.32 bits per heavy atom. The molecule has 0 N–H and O–H groups in total. The maximum Gasteiger partial charge on any atom is -0.0632 e. The second-order valence-corrected chi connectivity index (χ2v) is 13.7. The van der Waals surface area contributed by atoms with Crippen molar-refractivity contribution in [1.82, 2.24) is 0 Å². The van der Waals surface area contributed by atoms with E-state index in [1.54, 1.807) is 23.3 Å². The maximum absolute atomic E-state index is 2.40. The zero-order chi connectivity index (χ0) is 15.5. The first-order valence-electron chi connectivity index (χ1n) is 7.30. The standard InChI is InChI=1S/2C7H9.C4H10Si.2ClH.Zr/c2*1-6-4-3-5-7(6)2;1-3-4-5-2;;;/h2*3-5H,1-2H3;3-4H2,1-2H3;2*1H;/q2*-1;;;;+2/p-2. The van der Waals surface area contributed by atoms with Gasteiger partial charge in [0.25, 0.3) is 0 Å². The van der Waals surface area contributed by atoms with E-state index in [9.17, 15) is 0 Å². The molecule has 0 amide bonds. The Labute approximate surface area is 165 Å². The molecule has 0 nitrogen and oxygen atoms in total. The minimum absolute atomic E-state index is 0. The number of hydrogen-bond donors (Lipinski definition) is 0. The summed E-state index contributed by atoms with van der Waals surface area (Å²) in [5.41, 5.74) is 5.76. The van der Waals surface area contributed by atoms with Crippen LogP contribution in [0, 0.1) is 27.7 Å². The summed E-state index contributed by atoms with van der Waals surface area (Å²) >= 11 is 1.79. The van der Waals surface area contributed by atoms with E-state index in [0.29, 0.717) is 0 Å². The van der Waals surface area contributed by atoms with Crippen molar-refractivity contribution in [3.05, 3.63) is 58.7 Å². The van der Waals surface area contributed by atoms with E-state index in [1.165, 1.54) is 34.7 Å². The van der Waals surface area contributed by atoms with Crippen molar-refractivity contribution in [2.24, 2.45) is 0 Å². The summed E-state index contributed by atoms with van der Waals surface area (Å²) < 4.78 is 0. The van der Waals surface area contributed by atoms with Crippen LogP contribution in [0.3, 0.4) is 0 Å². The molecule has 2 aromatic rings. The summed E-state index contributed by atoms with van der Waals surface area (Å²) in [6, 6.07) is 14.1. The molecule has 0 bridgehead atoms. The van der Waals surface area contributed by atoms with Gasteiger partial charge in [0.15, 0.2) is 0 Å². The van der Waals surface area contributed by atoms with E-state index in [0.717, 1.165) is 0 Å². The predicted molar refractivity (Wildman–Crippen MR) is 89.7 cm³/mol. The van der Waals surface area contributed by atoms with Crippen LogP contribution in [0.2, 0.25) is 12.6 Å². The Balaban J connectivity index is -0.000000237. The Morgan fingerprint density at radius 1 is 0.909 bits per heavy atom. The van der Waals surface area contributed by atoms with Gasteiger partial charge in [0.05, 0.1) is 0 Å². The van der Waals surface area contributed by atoms with Gasteiger partial charge in [-0.15, -0.1) is 0 Å². The van der Waals surface area contributed by atoms with Gasteiger partial charge in [-0.25, -0.2) is 12.1 Å². The summed E-state index contributed by atoms with van der Waals surface area (Å²) in [5, 5.41) is 0. The average Bonchev–Trinajstić information content (AvgIpc) is 2.91. The molecule has 2 aromatic carbocycles. The van der Waals surface area contributed by atoms with E-state index in [-0.39, 0.29) is 30.2 Å². The largest absolute Gasteiger partial charge is 1.00 e. The topological polar surface area (TPSA) is 0 Å². The van der Waals surface area contributed by atoms with E-state index in [4.69, 9.17) is 0 Å². The van der Waals surface area contributed by atoms with Crippen LogP contribution in [0.4, 0.5) is 0 Å². The zero-order valence-electron chi connectivity index (χ0n) is 14.6. The average molecular weight is 435 g/mol. The van der Waals surface area contributed by atoms with Crippen molar-refractivity contribution < 1.29 is 48.1 Å². The van der Waals surface area contributed by atoms with Gasteiger partial charge < -0.3 is 24.8 Å². The molecule has 124 valence electrons. The van der Waals surface area contributed by atoms with Gasteiger partial charge in [0, 0.05) is 0 Å². The molecule has 2 rings (SSSR count). The maximum atomic E-state index is 2.40. The van der Waals surface area contributed by atoms with Crippen LogP contribution in [-0.2, 0) is 23.3 Å². The molecule has 0 fully saturated rings. The van der Waals surface area contributed by atoms with Crippen LogP contribution in [0.15, 0.2) is 36.4 Å². The van der Waals surface area contributed by atoms with Crippen LogP contribution >= 0.6 is 0 Å². The Kier molecular flexibility index (Phi) is 20.1. The van der Waals surface area contributed by atoms with Crippen LogP contribution in [0.5, 0.6) is 0 Å². The second kappa shape index (κ2) is 16.2. The van der Waals surface area contributed by atoms with E-state index in [2.05, 4.69) is 77.6 Å². The molecule has 0 aliphatic heterocycles. The van der Waals surface area contributed by atoms with Gasteiger partial charge in [-0.2, -0.15) is 46.5 Å². The summed E-state index contributed by atoms with van der Waals surface area (Å²) in [6.07, 6.45) is 1.40. The second-order valence-electron chi connectivity index (χ2n) is 5.31. The van der Waals surface area contributed by atoms with Gasteiger partial charge in [0.2, 0.25) is 0 Å². The molecular formula is C18H28Cl2SiZr-2. The number of rotatable bonds is 2. The van der Waals surface area contributed by atoms with Crippen LogP contribution in [0.25, 0.3) is 0 Å². The van der Waals surface area contributed by atoms with Crippen molar-refractivity contribution in [2.75, 3.05) is 0 Å². The molecule has 0 aliphatic carbocycles. The molecule has 0 saturated carbocycles. The van der Waals surface area contributed by atoms with E-state index in [1.807, 2.05) is 0 Å². The molecule has 0 heterocycles. The molecule has 0 radical (unpaired) electrons. The molecular weight excluding hydrogens is 406 g/mol. The smallest absolute Gasteiger partial charge is 0.0632 e. The van der Waals surface area contributed by atoms with E-state index < -0.39 is 0 Å². The molecule has 0 atom stereocenters. The fourth-order valence-corrected chi connectivity index (χ4v) is 4.17. The predicted octanol–water partition coefficient (Wildman–Crippen LogP) is -0.383. The third kappa shape index (κ3) is 14.0. The van der Waals surface area contributed by atoms with E-state index >= 15 is 0 Å². The molecule has 4 heteroatoms. The number of halogens is 2. The van der Waals surface area contributed by atoms with Crippen molar-refractivity contribution in [2.45, 2.75) is 53.6 Å². The monoisotopic (exact) mass is 432 g/mol. The molecule has 22 heavy (non-hydrogen) atoms. The van der Waals surface area contributed by atoms with Crippen LogP contribution in [0.1, 0.15) is 35.6 Å².